The predicted octanol–water partition coefficient (Wildman–Crippen LogP) is -3.38. The van der Waals surface area contributed by atoms with Crippen LogP contribution in [0.1, 0.15) is 1.43 Å². The van der Waals surface area contributed by atoms with Crippen molar-refractivity contribution in [3.8, 4) is 0 Å². The third-order valence-electron chi connectivity index (χ3n) is 0. The van der Waals surface area contributed by atoms with Gasteiger partial charge in [0.2, 0.25) is 0 Å². The fraction of sp³-hybridized carbons (Fsp3) is 0. The standard InChI is InChI=1S/Fe.Li.Mn.H3N.H2O4S.H/c;;;;1-5(2,3)4;/h;;;1H3;(H2,1,2,3,4);/q;+1;;;;-1. The van der Waals surface area contributed by atoms with Gasteiger partial charge in [-0.2, -0.15) is 8.42 Å². The van der Waals surface area contributed by atoms with E-state index in [0.29, 0.717) is 0 Å². The molecule has 0 aromatic rings. The summed E-state index contributed by atoms with van der Waals surface area (Å²) in [5, 5.41) is 0. The van der Waals surface area contributed by atoms with Gasteiger partial charge in [-0.25, -0.2) is 0 Å². The zero-order chi connectivity index (χ0) is 4.50. The van der Waals surface area contributed by atoms with Gasteiger partial charge in [0, 0.05) is 34.1 Å². The Hall–Kier alpha value is 1.47. The zero-order valence-electron chi connectivity index (χ0n) is 5.56. The minimum Gasteiger partial charge on any atom is -1.00 e. The van der Waals surface area contributed by atoms with Gasteiger partial charge in [-0.15, -0.1) is 0 Å². The normalized spacial score (nSPS) is 6.44. The monoisotopic (exact) mass is 234 g/mol. The average Bonchev–Trinajstić information content (AvgIpc) is 0.722. The van der Waals surface area contributed by atoms with Crippen LogP contribution in [0.25, 0.3) is 0 Å². The molecular formula is H6FeLiMnNO4S. The van der Waals surface area contributed by atoms with Gasteiger partial charge in [-0.1, -0.05) is 0 Å². The van der Waals surface area contributed by atoms with E-state index in [1.165, 1.54) is 0 Å². The molecule has 0 heterocycles. The molecule has 57 valence electrons. The molecule has 0 unspecified atom stereocenters. The fourth-order valence-corrected chi connectivity index (χ4v) is 0. The Labute approximate surface area is 88.1 Å². The van der Waals surface area contributed by atoms with Crippen molar-refractivity contribution in [3.05, 3.63) is 0 Å². The Kier molecular flexibility index (Phi) is 42.5. The summed E-state index contributed by atoms with van der Waals surface area (Å²) >= 11 is 0. The molecule has 9 heavy (non-hydrogen) atoms. The minimum absolute atomic E-state index is 0. The van der Waals surface area contributed by atoms with Gasteiger partial charge >= 0.3 is 29.3 Å². The Morgan fingerprint density at radius 3 is 1.22 bits per heavy atom. The van der Waals surface area contributed by atoms with Crippen LogP contribution in [-0.4, -0.2) is 17.5 Å². The maximum absolute atomic E-state index is 8.74. The molecule has 5 N–H and O–H groups in total. The first-order valence-electron chi connectivity index (χ1n) is 0.698. The first kappa shape index (κ1) is 31.4. The summed E-state index contributed by atoms with van der Waals surface area (Å²) in [6, 6.07) is 0. The van der Waals surface area contributed by atoms with E-state index in [0.717, 1.165) is 0 Å². The summed E-state index contributed by atoms with van der Waals surface area (Å²) in [7, 11) is -4.67. The van der Waals surface area contributed by atoms with Crippen LogP contribution in [0.3, 0.4) is 0 Å². The largest absolute Gasteiger partial charge is 1.00 e. The van der Waals surface area contributed by atoms with Crippen molar-refractivity contribution < 1.29 is 71.9 Å². The zero-order valence-corrected chi connectivity index (χ0v) is 7.66. The average molecular weight is 234 g/mol. The predicted molar refractivity (Wildman–Crippen MR) is 20.3 cm³/mol. The van der Waals surface area contributed by atoms with E-state index >= 15 is 0 Å². The molecule has 0 aliphatic rings. The van der Waals surface area contributed by atoms with E-state index < -0.39 is 10.4 Å². The van der Waals surface area contributed by atoms with Crippen LogP contribution in [0.4, 0.5) is 0 Å². The molecule has 0 aromatic carbocycles. The number of hydrogen-bond acceptors (Lipinski definition) is 3. The molecule has 0 spiro atoms. The molecule has 0 fully saturated rings. The molecule has 1 radical (unpaired) electrons. The van der Waals surface area contributed by atoms with Crippen molar-refractivity contribution in [1.82, 2.24) is 6.15 Å². The summed E-state index contributed by atoms with van der Waals surface area (Å²) in [4.78, 5) is 0. The minimum atomic E-state index is -4.67. The van der Waals surface area contributed by atoms with Crippen molar-refractivity contribution >= 4 is 10.4 Å². The van der Waals surface area contributed by atoms with Gasteiger partial charge in [-0.3, -0.25) is 9.11 Å². The van der Waals surface area contributed by atoms with E-state index in [1.54, 1.807) is 0 Å². The second-order valence-electron chi connectivity index (χ2n) is 0.448. The van der Waals surface area contributed by atoms with Gasteiger partial charge in [0.25, 0.3) is 0 Å². The van der Waals surface area contributed by atoms with Gasteiger partial charge in [0.1, 0.15) is 0 Å². The maximum atomic E-state index is 8.74. The van der Waals surface area contributed by atoms with Crippen molar-refractivity contribution in [2.75, 3.05) is 0 Å². The molecule has 0 saturated carbocycles. The molecule has 5 nitrogen and oxygen atoms in total. The molecule has 0 aliphatic carbocycles. The van der Waals surface area contributed by atoms with Crippen molar-refractivity contribution in [1.29, 1.82) is 0 Å². The summed E-state index contributed by atoms with van der Waals surface area (Å²) in [5.41, 5.74) is 0. The van der Waals surface area contributed by atoms with E-state index in [2.05, 4.69) is 0 Å². The van der Waals surface area contributed by atoms with Crippen LogP contribution in [0.5, 0.6) is 0 Å². The van der Waals surface area contributed by atoms with Gasteiger partial charge in [0.05, 0.1) is 0 Å². The Morgan fingerprint density at radius 2 is 1.22 bits per heavy atom. The van der Waals surface area contributed by atoms with E-state index in [4.69, 9.17) is 17.5 Å². The molecule has 0 saturated heterocycles. The second kappa shape index (κ2) is 12.2. The van der Waals surface area contributed by atoms with Crippen LogP contribution in [0.2, 0.25) is 0 Å². The van der Waals surface area contributed by atoms with Crippen LogP contribution >= 0.6 is 0 Å². The van der Waals surface area contributed by atoms with E-state index in [1.807, 2.05) is 0 Å². The van der Waals surface area contributed by atoms with Crippen LogP contribution < -0.4 is 25.0 Å². The Morgan fingerprint density at radius 1 is 1.22 bits per heavy atom. The second-order valence-corrected chi connectivity index (χ2v) is 1.34. The topological polar surface area (TPSA) is 110 Å². The summed E-state index contributed by atoms with van der Waals surface area (Å²) in [6.45, 7) is 0. The van der Waals surface area contributed by atoms with Crippen LogP contribution in [-0.2, 0) is 44.5 Å². The third-order valence-corrected chi connectivity index (χ3v) is 0. The van der Waals surface area contributed by atoms with Gasteiger partial charge in [-0.05, 0) is 0 Å². The van der Waals surface area contributed by atoms with Crippen LogP contribution in [0.15, 0.2) is 0 Å². The molecule has 0 aliphatic heterocycles. The quantitative estimate of drug-likeness (QED) is 0.299. The Bertz CT molecular complexity index is 108. The summed E-state index contributed by atoms with van der Waals surface area (Å²) < 4.78 is 31.6. The van der Waals surface area contributed by atoms with E-state index in [9.17, 15) is 0 Å². The number of hydrogen-bond donors (Lipinski definition) is 3. The molecule has 9 heteroatoms. The Balaban J connectivity index is -0.00000000800. The molecule has 0 aromatic heterocycles. The van der Waals surface area contributed by atoms with Crippen molar-refractivity contribution in [2.45, 2.75) is 0 Å². The first-order valence-corrected chi connectivity index (χ1v) is 2.10. The molecule has 0 amide bonds. The molecule has 0 bridgehead atoms. The summed E-state index contributed by atoms with van der Waals surface area (Å²) in [6.07, 6.45) is 0. The molecule has 0 rings (SSSR count). The van der Waals surface area contributed by atoms with Crippen molar-refractivity contribution in [2.24, 2.45) is 0 Å². The number of rotatable bonds is 0. The van der Waals surface area contributed by atoms with Gasteiger partial charge < -0.3 is 7.58 Å². The van der Waals surface area contributed by atoms with Gasteiger partial charge in [0.15, 0.2) is 0 Å². The first-order chi connectivity index (χ1) is 2.00. The van der Waals surface area contributed by atoms with Crippen LogP contribution in [0, 0.1) is 0 Å². The van der Waals surface area contributed by atoms with Crippen molar-refractivity contribution in [3.63, 3.8) is 0 Å². The molecule has 0 atom stereocenters. The third kappa shape index (κ3) is 245. The maximum Gasteiger partial charge on any atom is 1.00 e. The molecular weight excluding hydrogens is 228 g/mol. The summed E-state index contributed by atoms with van der Waals surface area (Å²) in [5.74, 6) is 0. The van der Waals surface area contributed by atoms with E-state index in [-0.39, 0.29) is 60.6 Å². The fourth-order valence-electron chi connectivity index (χ4n) is 0. The SMILES string of the molecule is N.O=S(=O)(O)O.[Fe].[H-].[Li+].[Mn]. The smallest absolute Gasteiger partial charge is 1.00 e.